The van der Waals surface area contributed by atoms with E-state index in [-0.39, 0.29) is 11.8 Å². The SMILES string of the molecule is O=C(Nc1ccc(Br)cc1)c1ccc(CSc2nnc(NC(=O)c3ccc(CCl)cc3)s2)cc1. The molecule has 2 N–H and O–H groups in total. The van der Waals surface area contributed by atoms with E-state index in [0.717, 1.165) is 25.6 Å². The van der Waals surface area contributed by atoms with Crippen molar-refractivity contribution >= 4 is 73.3 Å². The Morgan fingerprint density at radius 3 is 2.03 bits per heavy atom. The Kier molecular flexibility index (Phi) is 8.34. The molecule has 3 aromatic carbocycles. The van der Waals surface area contributed by atoms with Gasteiger partial charge in [0.2, 0.25) is 5.13 Å². The molecule has 0 fully saturated rings. The third-order valence-corrected chi connectivity index (χ3v) is 7.56. The van der Waals surface area contributed by atoms with Crippen LogP contribution in [0.1, 0.15) is 31.8 Å². The van der Waals surface area contributed by atoms with Gasteiger partial charge in [-0.15, -0.1) is 21.8 Å². The molecular formula is C24H18BrClN4O2S2. The van der Waals surface area contributed by atoms with E-state index in [4.69, 9.17) is 11.6 Å². The Labute approximate surface area is 218 Å². The largest absolute Gasteiger partial charge is 0.322 e. The first kappa shape index (κ1) is 24.4. The molecule has 172 valence electrons. The van der Waals surface area contributed by atoms with Gasteiger partial charge in [0.1, 0.15) is 0 Å². The van der Waals surface area contributed by atoms with E-state index in [9.17, 15) is 9.59 Å². The maximum absolute atomic E-state index is 12.4. The van der Waals surface area contributed by atoms with Crippen molar-refractivity contribution in [3.8, 4) is 0 Å². The van der Waals surface area contributed by atoms with Gasteiger partial charge < -0.3 is 5.32 Å². The lowest BCUT2D eigenvalue weighted by Crippen LogP contribution is -2.11. The summed E-state index contributed by atoms with van der Waals surface area (Å²) >= 11 is 12.0. The Hall–Kier alpha value is -2.72. The lowest BCUT2D eigenvalue weighted by Gasteiger charge is -2.06. The first-order valence-electron chi connectivity index (χ1n) is 10.1. The van der Waals surface area contributed by atoms with Crippen molar-refractivity contribution in [1.82, 2.24) is 10.2 Å². The fourth-order valence-corrected chi connectivity index (χ4v) is 5.01. The number of anilines is 2. The summed E-state index contributed by atoms with van der Waals surface area (Å²) in [7, 11) is 0. The van der Waals surface area contributed by atoms with Crippen LogP contribution in [0.2, 0.25) is 0 Å². The maximum atomic E-state index is 12.4. The number of alkyl halides is 1. The summed E-state index contributed by atoms with van der Waals surface area (Å²) in [5, 5.41) is 14.3. The average molecular weight is 574 g/mol. The number of rotatable bonds is 8. The van der Waals surface area contributed by atoms with Crippen LogP contribution in [0, 0.1) is 0 Å². The van der Waals surface area contributed by atoms with Crippen LogP contribution in [-0.4, -0.2) is 22.0 Å². The van der Waals surface area contributed by atoms with Crippen LogP contribution in [0.15, 0.2) is 81.6 Å². The van der Waals surface area contributed by atoms with Gasteiger partial charge in [-0.25, -0.2) is 0 Å². The summed E-state index contributed by atoms with van der Waals surface area (Å²) in [6, 6.07) is 21.9. The number of carbonyl (C=O) groups excluding carboxylic acids is 2. The number of benzene rings is 3. The molecule has 4 aromatic rings. The number of hydrogen-bond donors (Lipinski definition) is 2. The van der Waals surface area contributed by atoms with Gasteiger partial charge >= 0.3 is 0 Å². The molecular weight excluding hydrogens is 556 g/mol. The van der Waals surface area contributed by atoms with Crippen LogP contribution in [-0.2, 0) is 11.6 Å². The lowest BCUT2D eigenvalue weighted by atomic mass is 10.1. The third-order valence-electron chi connectivity index (χ3n) is 4.68. The van der Waals surface area contributed by atoms with Gasteiger partial charge in [-0.2, -0.15) is 0 Å². The zero-order valence-electron chi connectivity index (χ0n) is 17.6. The van der Waals surface area contributed by atoms with Crippen LogP contribution in [0.5, 0.6) is 0 Å². The second kappa shape index (κ2) is 11.6. The monoisotopic (exact) mass is 572 g/mol. The molecule has 0 aliphatic carbocycles. The minimum atomic E-state index is -0.245. The van der Waals surface area contributed by atoms with E-state index in [2.05, 4.69) is 36.8 Å². The second-order valence-electron chi connectivity index (χ2n) is 7.10. The minimum absolute atomic E-state index is 0.164. The fourth-order valence-electron chi connectivity index (χ4n) is 2.87. The van der Waals surface area contributed by atoms with Crippen LogP contribution in [0.3, 0.4) is 0 Å². The van der Waals surface area contributed by atoms with E-state index in [1.165, 1.54) is 23.1 Å². The molecule has 0 aliphatic rings. The quantitative estimate of drug-likeness (QED) is 0.137. The van der Waals surface area contributed by atoms with Gasteiger partial charge in [-0.05, 0) is 59.7 Å². The van der Waals surface area contributed by atoms with Crippen LogP contribution < -0.4 is 10.6 Å². The Bertz CT molecular complexity index is 1280. The summed E-state index contributed by atoms with van der Waals surface area (Å²) in [6.07, 6.45) is 0. The highest BCUT2D eigenvalue weighted by Crippen LogP contribution is 2.28. The molecule has 0 saturated heterocycles. The van der Waals surface area contributed by atoms with E-state index in [1.807, 2.05) is 48.5 Å². The Balaban J connectivity index is 1.28. The van der Waals surface area contributed by atoms with Crippen molar-refractivity contribution in [2.45, 2.75) is 16.0 Å². The highest BCUT2D eigenvalue weighted by atomic mass is 79.9. The number of halogens is 2. The normalized spacial score (nSPS) is 10.6. The standard InChI is InChI=1S/C24H18BrClN4O2S2/c25-19-9-11-20(12-10-19)27-21(31)17-7-3-16(4-8-17)14-33-24-30-29-23(34-24)28-22(32)18-5-1-15(13-26)2-6-18/h1-12H,13-14H2,(H,27,31)(H,28,29,32). The summed E-state index contributed by atoms with van der Waals surface area (Å²) in [6.45, 7) is 0. The van der Waals surface area contributed by atoms with Gasteiger partial charge in [0, 0.05) is 32.9 Å². The van der Waals surface area contributed by atoms with Crippen LogP contribution >= 0.6 is 50.6 Å². The van der Waals surface area contributed by atoms with Gasteiger partial charge in [0.25, 0.3) is 11.8 Å². The van der Waals surface area contributed by atoms with E-state index in [1.54, 1.807) is 24.3 Å². The van der Waals surface area contributed by atoms with Crippen molar-refractivity contribution in [3.05, 3.63) is 99.5 Å². The molecule has 0 unspecified atom stereocenters. The van der Waals surface area contributed by atoms with Crippen molar-refractivity contribution in [2.24, 2.45) is 0 Å². The maximum Gasteiger partial charge on any atom is 0.257 e. The number of nitrogens with one attached hydrogen (secondary N) is 2. The fraction of sp³-hybridized carbons (Fsp3) is 0.0833. The van der Waals surface area contributed by atoms with Crippen LogP contribution in [0.25, 0.3) is 0 Å². The van der Waals surface area contributed by atoms with Crippen molar-refractivity contribution in [2.75, 3.05) is 10.6 Å². The third kappa shape index (κ3) is 6.66. The molecule has 4 rings (SSSR count). The number of hydrogen-bond acceptors (Lipinski definition) is 6. The number of thioether (sulfide) groups is 1. The number of amides is 2. The van der Waals surface area contributed by atoms with Gasteiger partial charge in [-0.3, -0.25) is 14.9 Å². The molecule has 1 heterocycles. The molecule has 0 aliphatic heterocycles. The zero-order chi connectivity index (χ0) is 23.9. The molecule has 0 spiro atoms. The molecule has 0 bridgehead atoms. The van der Waals surface area contributed by atoms with Gasteiger partial charge in [0.15, 0.2) is 4.34 Å². The molecule has 6 nitrogen and oxygen atoms in total. The molecule has 34 heavy (non-hydrogen) atoms. The van der Waals surface area contributed by atoms with Crippen molar-refractivity contribution in [3.63, 3.8) is 0 Å². The van der Waals surface area contributed by atoms with E-state index >= 15 is 0 Å². The Morgan fingerprint density at radius 2 is 1.41 bits per heavy atom. The second-order valence-corrected chi connectivity index (χ2v) is 10.5. The van der Waals surface area contributed by atoms with Crippen LogP contribution in [0.4, 0.5) is 10.8 Å². The van der Waals surface area contributed by atoms with Crippen molar-refractivity contribution < 1.29 is 9.59 Å². The van der Waals surface area contributed by atoms with E-state index < -0.39 is 0 Å². The molecule has 0 saturated carbocycles. The predicted octanol–water partition coefficient (Wildman–Crippen LogP) is 6.84. The Morgan fingerprint density at radius 1 is 0.824 bits per heavy atom. The smallest absolute Gasteiger partial charge is 0.257 e. The molecule has 0 radical (unpaired) electrons. The number of carbonyl (C=O) groups is 2. The highest BCUT2D eigenvalue weighted by molar-refractivity contribution is 9.10. The molecule has 2 amide bonds. The topological polar surface area (TPSA) is 84.0 Å². The van der Waals surface area contributed by atoms with Gasteiger partial charge in [0.05, 0.1) is 0 Å². The summed E-state index contributed by atoms with van der Waals surface area (Å²) in [4.78, 5) is 24.8. The molecule has 10 heteroatoms. The summed E-state index contributed by atoms with van der Waals surface area (Å²) < 4.78 is 1.69. The lowest BCUT2D eigenvalue weighted by molar-refractivity contribution is 0.101. The van der Waals surface area contributed by atoms with E-state index in [0.29, 0.717) is 27.9 Å². The first-order valence-corrected chi connectivity index (χ1v) is 13.2. The number of aromatic nitrogens is 2. The number of nitrogens with zero attached hydrogens (tertiary/aromatic N) is 2. The molecule has 0 atom stereocenters. The average Bonchev–Trinajstić information content (AvgIpc) is 3.31. The van der Waals surface area contributed by atoms with Gasteiger partial charge in [-0.1, -0.05) is 63.3 Å². The minimum Gasteiger partial charge on any atom is -0.322 e. The molecule has 1 aromatic heterocycles. The predicted molar refractivity (Wildman–Crippen MR) is 142 cm³/mol. The first-order chi connectivity index (χ1) is 16.5. The zero-order valence-corrected chi connectivity index (χ0v) is 21.6. The summed E-state index contributed by atoms with van der Waals surface area (Å²) in [5.74, 6) is 0.659. The highest BCUT2D eigenvalue weighted by Gasteiger charge is 2.11. The van der Waals surface area contributed by atoms with Crippen molar-refractivity contribution in [1.29, 1.82) is 0 Å². The summed E-state index contributed by atoms with van der Waals surface area (Å²) in [5.41, 5.74) is 3.84.